The molecule has 1 aromatic heterocycles. The van der Waals surface area contributed by atoms with Gasteiger partial charge < -0.3 is 9.73 Å². The minimum absolute atomic E-state index is 0.00302. The lowest BCUT2D eigenvalue weighted by atomic mass is 10.1. The van der Waals surface area contributed by atoms with E-state index in [1.807, 2.05) is 0 Å². The predicted octanol–water partition coefficient (Wildman–Crippen LogP) is 1.89. The first-order valence-electron chi connectivity index (χ1n) is 8.77. The topological polar surface area (TPSA) is 135 Å². The predicted molar refractivity (Wildman–Crippen MR) is 105 cm³/mol. The normalized spacial score (nSPS) is 13.1. The number of nitrogens with one attached hydrogen (secondary N) is 3. The first-order valence-corrected chi connectivity index (χ1v) is 10.2. The third kappa shape index (κ3) is 3.86. The standard InChI is InChI=1S/C20H15N3O6S/c24-18-15-8-7-14(10-16(15)19(25)23-18)30(27,28)21-11-12-3-5-13(6-4-12)22-20(26)17-2-1-9-29-17/h1-10,21H,11H2,(H,22,26)(H,23,24,25). The van der Waals surface area contributed by atoms with E-state index in [2.05, 4.69) is 15.4 Å². The minimum Gasteiger partial charge on any atom is -0.459 e. The molecule has 0 radical (unpaired) electrons. The maximum atomic E-state index is 12.5. The number of hydrogen-bond donors (Lipinski definition) is 3. The number of fused-ring (bicyclic) bond motifs is 1. The third-order valence-corrected chi connectivity index (χ3v) is 5.84. The van der Waals surface area contributed by atoms with Crippen LogP contribution in [0.15, 0.2) is 70.2 Å². The van der Waals surface area contributed by atoms with Crippen LogP contribution in [-0.2, 0) is 16.6 Å². The Labute approximate surface area is 171 Å². The number of furan rings is 1. The van der Waals surface area contributed by atoms with E-state index in [9.17, 15) is 22.8 Å². The van der Waals surface area contributed by atoms with Crippen LogP contribution in [-0.4, -0.2) is 26.1 Å². The molecule has 0 aliphatic carbocycles. The molecule has 0 bridgehead atoms. The van der Waals surface area contributed by atoms with Gasteiger partial charge in [0.1, 0.15) is 0 Å². The molecular weight excluding hydrogens is 410 g/mol. The highest BCUT2D eigenvalue weighted by molar-refractivity contribution is 7.89. The van der Waals surface area contributed by atoms with Gasteiger partial charge in [-0.15, -0.1) is 0 Å². The van der Waals surface area contributed by atoms with Gasteiger partial charge in [0.2, 0.25) is 10.0 Å². The number of rotatable bonds is 6. The van der Waals surface area contributed by atoms with Crippen molar-refractivity contribution in [2.24, 2.45) is 0 Å². The fraction of sp³-hybridized carbons (Fsp3) is 0.0500. The molecule has 2 heterocycles. The molecule has 0 spiro atoms. The van der Waals surface area contributed by atoms with Gasteiger partial charge in [-0.2, -0.15) is 0 Å². The fourth-order valence-corrected chi connectivity index (χ4v) is 3.93. The second-order valence-electron chi connectivity index (χ2n) is 6.44. The lowest BCUT2D eigenvalue weighted by Crippen LogP contribution is -2.23. The summed E-state index contributed by atoms with van der Waals surface area (Å²) >= 11 is 0. The highest BCUT2D eigenvalue weighted by atomic mass is 32.2. The Morgan fingerprint density at radius 1 is 0.967 bits per heavy atom. The molecule has 0 unspecified atom stereocenters. The summed E-state index contributed by atoms with van der Waals surface area (Å²) in [6, 6.07) is 13.5. The monoisotopic (exact) mass is 425 g/mol. The minimum atomic E-state index is -3.90. The number of benzene rings is 2. The van der Waals surface area contributed by atoms with Crippen molar-refractivity contribution in [3.8, 4) is 0 Å². The van der Waals surface area contributed by atoms with Crippen molar-refractivity contribution >= 4 is 33.4 Å². The lowest BCUT2D eigenvalue weighted by Gasteiger charge is -2.09. The zero-order chi connectivity index (χ0) is 21.3. The maximum absolute atomic E-state index is 12.5. The molecule has 0 saturated heterocycles. The van der Waals surface area contributed by atoms with Gasteiger partial charge in [-0.25, -0.2) is 13.1 Å². The van der Waals surface area contributed by atoms with E-state index in [1.54, 1.807) is 30.3 Å². The van der Waals surface area contributed by atoms with Crippen molar-refractivity contribution in [3.63, 3.8) is 0 Å². The molecule has 1 aliphatic rings. The molecule has 1 aliphatic heterocycles. The highest BCUT2D eigenvalue weighted by Crippen LogP contribution is 2.20. The van der Waals surface area contributed by atoms with Crippen molar-refractivity contribution in [2.45, 2.75) is 11.4 Å². The van der Waals surface area contributed by atoms with E-state index >= 15 is 0 Å². The Kier molecular flexibility index (Phi) is 4.94. The summed E-state index contributed by atoms with van der Waals surface area (Å²) in [5.41, 5.74) is 1.35. The zero-order valence-electron chi connectivity index (χ0n) is 15.3. The molecule has 0 atom stereocenters. The van der Waals surface area contributed by atoms with E-state index in [4.69, 9.17) is 4.42 Å². The molecular formula is C20H15N3O6S. The van der Waals surface area contributed by atoms with Crippen LogP contribution in [0.2, 0.25) is 0 Å². The summed E-state index contributed by atoms with van der Waals surface area (Å²) in [4.78, 5) is 35.2. The SMILES string of the molecule is O=C(Nc1ccc(CNS(=O)(=O)c2ccc3c(c2)C(=O)NC3=O)cc1)c1ccco1. The van der Waals surface area contributed by atoms with Crippen molar-refractivity contribution in [1.82, 2.24) is 10.0 Å². The van der Waals surface area contributed by atoms with E-state index in [0.29, 0.717) is 11.3 Å². The van der Waals surface area contributed by atoms with Gasteiger partial charge in [-0.05, 0) is 48.0 Å². The molecule has 10 heteroatoms. The van der Waals surface area contributed by atoms with Crippen molar-refractivity contribution in [2.75, 3.05) is 5.32 Å². The smallest absolute Gasteiger partial charge is 0.291 e. The molecule has 0 fully saturated rings. The summed E-state index contributed by atoms with van der Waals surface area (Å²) < 4.78 is 32.5. The second-order valence-corrected chi connectivity index (χ2v) is 8.21. The molecule has 3 aromatic rings. The number of amides is 3. The Balaban J connectivity index is 1.42. The molecule has 3 amide bonds. The van der Waals surface area contributed by atoms with Crippen LogP contribution in [0.25, 0.3) is 0 Å². The zero-order valence-corrected chi connectivity index (χ0v) is 16.2. The van der Waals surface area contributed by atoms with E-state index in [0.717, 1.165) is 0 Å². The molecule has 2 aromatic carbocycles. The quantitative estimate of drug-likeness (QED) is 0.516. The second kappa shape index (κ2) is 7.58. The summed E-state index contributed by atoms with van der Waals surface area (Å²) in [5.74, 6) is -1.39. The van der Waals surface area contributed by atoms with Crippen LogP contribution in [0.4, 0.5) is 5.69 Å². The highest BCUT2D eigenvalue weighted by Gasteiger charge is 2.28. The number of carbonyl (C=O) groups excluding carboxylic acids is 3. The van der Waals surface area contributed by atoms with Crippen LogP contribution in [0.3, 0.4) is 0 Å². The molecule has 3 N–H and O–H groups in total. The van der Waals surface area contributed by atoms with Gasteiger partial charge in [-0.1, -0.05) is 12.1 Å². The van der Waals surface area contributed by atoms with Crippen LogP contribution >= 0.6 is 0 Å². The Hall–Kier alpha value is -3.76. The lowest BCUT2D eigenvalue weighted by molar-refractivity contribution is 0.0878. The Morgan fingerprint density at radius 3 is 2.40 bits per heavy atom. The van der Waals surface area contributed by atoms with Crippen molar-refractivity contribution in [3.05, 3.63) is 83.3 Å². The average molecular weight is 425 g/mol. The first kappa shape index (κ1) is 19.6. The summed E-state index contributed by atoms with van der Waals surface area (Å²) in [5, 5.41) is 4.78. The largest absolute Gasteiger partial charge is 0.459 e. The van der Waals surface area contributed by atoms with Gasteiger partial charge in [0, 0.05) is 12.2 Å². The molecule has 30 heavy (non-hydrogen) atoms. The Bertz CT molecular complexity index is 1250. The van der Waals surface area contributed by atoms with Crippen LogP contribution in [0.1, 0.15) is 36.8 Å². The molecule has 0 saturated carbocycles. The molecule has 4 rings (SSSR count). The third-order valence-electron chi connectivity index (χ3n) is 4.44. The number of carbonyl (C=O) groups is 3. The average Bonchev–Trinajstić information content (AvgIpc) is 3.36. The van der Waals surface area contributed by atoms with Gasteiger partial charge in [0.05, 0.1) is 22.3 Å². The molecule has 152 valence electrons. The summed E-state index contributed by atoms with van der Waals surface area (Å²) in [6.45, 7) is -0.00302. The number of sulfonamides is 1. The Morgan fingerprint density at radius 2 is 1.70 bits per heavy atom. The fourth-order valence-electron chi connectivity index (χ4n) is 2.88. The van der Waals surface area contributed by atoms with Gasteiger partial charge >= 0.3 is 0 Å². The summed E-state index contributed by atoms with van der Waals surface area (Å²) in [6.07, 6.45) is 1.40. The summed E-state index contributed by atoms with van der Waals surface area (Å²) in [7, 11) is -3.90. The number of hydrogen-bond acceptors (Lipinski definition) is 6. The van der Waals surface area contributed by atoms with Gasteiger partial charge in [0.25, 0.3) is 17.7 Å². The van der Waals surface area contributed by atoms with Crippen molar-refractivity contribution in [1.29, 1.82) is 0 Å². The van der Waals surface area contributed by atoms with Crippen LogP contribution in [0, 0.1) is 0 Å². The van der Waals surface area contributed by atoms with Gasteiger partial charge in [0.15, 0.2) is 5.76 Å². The van der Waals surface area contributed by atoms with E-state index < -0.39 is 27.7 Å². The van der Waals surface area contributed by atoms with E-state index in [1.165, 1.54) is 30.5 Å². The van der Waals surface area contributed by atoms with Crippen LogP contribution < -0.4 is 15.4 Å². The number of anilines is 1. The number of imide groups is 1. The van der Waals surface area contributed by atoms with Crippen molar-refractivity contribution < 1.29 is 27.2 Å². The van der Waals surface area contributed by atoms with E-state index in [-0.39, 0.29) is 28.3 Å². The first-order chi connectivity index (χ1) is 14.3. The van der Waals surface area contributed by atoms with Gasteiger partial charge in [-0.3, -0.25) is 19.7 Å². The van der Waals surface area contributed by atoms with Crippen LogP contribution in [0.5, 0.6) is 0 Å². The maximum Gasteiger partial charge on any atom is 0.291 e. The molecule has 9 nitrogen and oxygen atoms in total.